The number of nitrogens with zero attached hydrogens (tertiary/aromatic N) is 3. The van der Waals surface area contributed by atoms with E-state index >= 15 is 0 Å². The molecule has 20 heavy (non-hydrogen) atoms. The second kappa shape index (κ2) is 5.64. The Morgan fingerprint density at radius 2 is 2.00 bits per heavy atom. The van der Waals surface area contributed by atoms with Gasteiger partial charge in [-0.05, 0) is 43.7 Å². The second-order valence-electron chi connectivity index (χ2n) is 4.51. The van der Waals surface area contributed by atoms with Crippen LogP contribution in [0.15, 0.2) is 47.7 Å². The highest BCUT2D eigenvalue weighted by Crippen LogP contribution is 2.24. The van der Waals surface area contributed by atoms with Gasteiger partial charge in [0, 0.05) is 28.5 Å². The Labute approximate surface area is 124 Å². The van der Waals surface area contributed by atoms with E-state index in [4.69, 9.17) is 0 Å². The predicted octanol–water partition coefficient (Wildman–Crippen LogP) is 4.12. The van der Waals surface area contributed by atoms with E-state index in [9.17, 15) is 0 Å². The third-order valence-corrected chi connectivity index (χ3v) is 5.02. The van der Waals surface area contributed by atoms with Gasteiger partial charge in [-0.25, -0.2) is 9.98 Å². The molecule has 0 atom stereocenters. The van der Waals surface area contributed by atoms with Crippen molar-refractivity contribution in [3.8, 4) is 10.4 Å². The van der Waals surface area contributed by atoms with Crippen molar-refractivity contribution in [2.45, 2.75) is 13.8 Å². The Bertz CT molecular complexity index is 768. The first kappa shape index (κ1) is 13.1. The second-order valence-corrected chi connectivity index (χ2v) is 6.70. The zero-order valence-corrected chi connectivity index (χ0v) is 12.8. The molecule has 0 saturated heterocycles. The molecule has 0 fully saturated rings. The summed E-state index contributed by atoms with van der Waals surface area (Å²) in [6.45, 7) is 4.05. The van der Waals surface area contributed by atoms with Gasteiger partial charge in [-0.15, -0.1) is 0 Å². The van der Waals surface area contributed by atoms with E-state index in [1.165, 1.54) is 10.4 Å². The first-order valence-corrected chi connectivity index (χ1v) is 8.36. The minimum atomic E-state index is 0.772. The average Bonchev–Trinajstić information content (AvgIpc) is 2.87. The van der Waals surface area contributed by atoms with E-state index < -0.39 is 0 Å². The normalized spacial score (nSPS) is 11.8. The molecule has 3 aromatic rings. The van der Waals surface area contributed by atoms with Gasteiger partial charge in [0.15, 0.2) is 5.82 Å². The standard InChI is InChI=1S/C15H13N3S2/c1-10-6-11(2)17-14(7-10)18-15-8-13(19-20-15)12-4-3-5-16-9-12/h3-9H,1-2H3/b18-15-. The van der Waals surface area contributed by atoms with Crippen LogP contribution in [0.1, 0.15) is 11.3 Å². The molecule has 0 aliphatic carbocycles. The SMILES string of the molecule is Cc1cc(C)nc(/N=c2/cc(-c3cccnc3)ss2)c1. The van der Waals surface area contributed by atoms with Crippen molar-refractivity contribution in [1.29, 1.82) is 0 Å². The summed E-state index contributed by atoms with van der Waals surface area (Å²) in [6, 6.07) is 10.1. The molecule has 0 amide bonds. The summed E-state index contributed by atoms with van der Waals surface area (Å²) in [5, 5.41) is 0. The molecule has 0 bridgehead atoms. The van der Waals surface area contributed by atoms with Crippen molar-refractivity contribution in [1.82, 2.24) is 9.97 Å². The lowest BCUT2D eigenvalue weighted by Crippen LogP contribution is -1.91. The molecule has 5 heteroatoms. The number of hydrogen-bond acceptors (Lipinski definition) is 5. The molecule has 0 aliphatic heterocycles. The third-order valence-electron chi connectivity index (χ3n) is 2.73. The molecule has 0 spiro atoms. The van der Waals surface area contributed by atoms with E-state index in [1.54, 1.807) is 26.9 Å². The topological polar surface area (TPSA) is 38.1 Å². The molecule has 0 N–H and O–H groups in total. The molecule has 3 aromatic heterocycles. The molecular formula is C15H13N3S2. The van der Waals surface area contributed by atoms with Gasteiger partial charge in [-0.3, -0.25) is 4.98 Å². The molecular weight excluding hydrogens is 286 g/mol. The molecule has 3 rings (SSSR count). The zero-order chi connectivity index (χ0) is 13.9. The molecule has 0 unspecified atom stereocenters. The van der Waals surface area contributed by atoms with Gasteiger partial charge in [-0.2, -0.15) is 0 Å². The first-order valence-electron chi connectivity index (χ1n) is 6.21. The van der Waals surface area contributed by atoms with Gasteiger partial charge >= 0.3 is 0 Å². The van der Waals surface area contributed by atoms with Gasteiger partial charge < -0.3 is 0 Å². The first-order chi connectivity index (χ1) is 9.70. The van der Waals surface area contributed by atoms with Crippen LogP contribution in [-0.2, 0) is 0 Å². The van der Waals surface area contributed by atoms with Crippen LogP contribution in [0.3, 0.4) is 0 Å². The fraction of sp³-hybridized carbons (Fsp3) is 0.133. The van der Waals surface area contributed by atoms with Gasteiger partial charge in [0.1, 0.15) is 4.67 Å². The molecule has 0 saturated carbocycles. The lowest BCUT2D eigenvalue weighted by molar-refractivity contribution is 1.14. The Morgan fingerprint density at radius 1 is 1.10 bits per heavy atom. The van der Waals surface area contributed by atoms with E-state index in [1.807, 2.05) is 25.3 Å². The summed E-state index contributed by atoms with van der Waals surface area (Å²) in [5.41, 5.74) is 3.31. The van der Waals surface area contributed by atoms with Crippen LogP contribution in [0.5, 0.6) is 0 Å². The predicted molar refractivity (Wildman–Crippen MR) is 84.4 cm³/mol. The van der Waals surface area contributed by atoms with Crippen molar-refractivity contribution in [3.05, 3.63) is 58.7 Å². The monoisotopic (exact) mass is 299 g/mol. The molecule has 100 valence electrons. The number of aromatic nitrogens is 2. The summed E-state index contributed by atoms with van der Waals surface area (Å²) in [7, 11) is 3.37. The Kier molecular flexibility index (Phi) is 3.71. The summed E-state index contributed by atoms with van der Waals surface area (Å²) >= 11 is 0. The van der Waals surface area contributed by atoms with E-state index in [2.05, 4.69) is 40.1 Å². The third kappa shape index (κ3) is 3.00. The van der Waals surface area contributed by atoms with E-state index in [0.29, 0.717) is 0 Å². The van der Waals surface area contributed by atoms with Crippen LogP contribution >= 0.6 is 20.7 Å². The Hall–Kier alpha value is -1.85. The maximum absolute atomic E-state index is 4.61. The fourth-order valence-electron chi connectivity index (χ4n) is 1.93. The highest BCUT2D eigenvalue weighted by molar-refractivity contribution is 7.69. The largest absolute Gasteiger partial charge is 0.264 e. The molecule has 3 heterocycles. The molecule has 3 nitrogen and oxygen atoms in total. The Morgan fingerprint density at radius 3 is 2.75 bits per heavy atom. The summed E-state index contributed by atoms with van der Waals surface area (Å²) in [5.74, 6) is 0.772. The van der Waals surface area contributed by atoms with Crippen LogP contribution < -0.4 is 4.67 Å². The van der Waals surface area contributed by atoms with E-state index in [0.717, 1.165) is 21.7 Å². The summed E-state index contributed by atoms with van der Waals surface area (Å²) in [4.78, 5) is 14.4. The van der Waals surface area contributed by atoms with Crippen molar-refractivity contribution in [2.75, 3.05) is 0 Å². The number of hydrogen-bond donors (Lipinski definition) is 0. The average molecular weight is 299 g/mol. The van der Waals surface area contributed by atoms with E-state index in [-0.39, 0.29) is 0 Å². The Balaban J connectivity index is 1.99. The molecule has 0 aliphatic rings. The van der Waals surface area contributed by atoms with Crippen molar-refractivity contribution in [3.63, 3.8) is 0 Å². The minimum Gasteiger partial charge on any atom is -0.264 e. The van der Waals surface area contributed by atoms with Gasteiger partial charge in [0.2, 0.25) is 0 Å². The number of aryl methyl sites for hydroxylation is 2. The number of pyridine rings is 2. The van der Waals surface area contributed by atoms with Gasteiger partial charge in [-0.1, -0.05) is 26.7 Å². The van der Waals surface area contributed by atoms with Crippen molar-refractivity contribution in [2.24, 2.45) is 4.99 Å². The quantitative estimate of drug-likeness (QED) is 0.668. The summed E-state index contributed by atoms with van der Waals surface area (Å²) < 4.78 is 0.978. The highest BCUT2D eigenvalue weighted by Gasteiger charge is 2.01. The van der Waals surface area contributed by atoms with Gasteiger partial charge in [0.25, 0.3) is 0 Å². The van der Waals surface area contributed by atoms with Crippen LogP contribution in [0.25, 0.3) is 10.4 Å². The fourth-order valence-corrected chi connectivity index (χ4v) is 4.07. The highest BCUT2D eigenvalue weighted by atomic mass is 32.9. The minimum absolute atomic E-state index is 0.772. The maximum Gasteiger partial charge on any atom is 0.154 e. The lowest BCUT2D eigenvalue weighted by atomic mass is 10.2. The summed E-state index contributed by atoms with van der Waals surface area (Å²) in [6.07, 6.45) is 3.66. The lowest BCUT2D eigenvalue weighted by Gasteiger charge is -1.97. The van der Waals surface area contributed by atoms with Crippen LogP contribution in [0, 0.1) is 13.8 Å². The number of rotatable bonds is 2. The van der Waals surface area contributed by atoms with Crippen LogP contribution in [0.2, 0.25) is 0 Å². The zero-order valence-electron chi connectivity index (χ0n) is 11.2. The van der Waals surface area contributed by atoms with Gasteiger partial charge in [0.05, 0.1) is 0 Å². The molecule has 0 radical (unpaired) electrons. The van der Waals surface area contributed by atoms with Crippen molar-refractivity contribution >= 4 is 26.5 Å². The van der Waals surface area contributed by atoms with Crippen LogP contribution in [0.4, 0.5) is 5.82 Å². The smallest absolute Gasteiger partial charge is 0.154 e. The maximum atomic E-state index is 4.61. The van der Waals surface area contributed by atoms with Crippen LogP contribution in [-0.4, -0.2) is 9.97 Å². The van der Waals surface area contributed by atoms with Crippen molar-refractivity contribution < 1.29 is 0 Å². The molecule has 0 aromatic carbocycles.